The van der Waals surface area contributed by atoms with Crippen LogP contribution in [0.25, 0.3) is 0 Å². The van der Waals surface area contributed by atoms with E-state index in [1.165, 1.54) is 11.8 Å². The largest absolute Gasteiger partial charge is 0.555 e. The molecule has 0 spiro atoms. The number of hydrogen-bond acceptors (Lipinski definition) is 1. The minimum absolute atomic E-state index is 0.326. The van der Waals surface area contributed by atoms with Gasteiger partial charge < -0.3 is 4.43 Å². The van der Waals surface area contributed by atoms with Crippen molar-refractivity contribution in [3.8, 4) is 0 Å². The average molecular weight is 142 g/mol. The van der Waals surface area contributed by atoms with E-state index in [9.17, 15) is 0 Å². The molecule has 0 aliphatic heterocycles. The highest BCUT2D eigenvalue weighted by Crippen LogP contribution is 1.92. The molecule has 0 aromatic heterocycles. The predicted octanol–water partition coefficient (Wildman–Crippen LogP) is 1.61. The summed E-state index contributed by atoms with van der Waals surface area (Å²) < 4.78 is 5.04. The Balaban J connectivity index is 3.09. The fourth-order valence-electron chi connectivity index (χ4n) is 0.499. The van der Waals surface area contributed by atoms with Crippen LogP contribution in [-0.2, 0) is 4.43 Å². The molecule has 0 rings (SSSR count). The van der Waals surface area contributed by atoms with Gasteiger partial charge in [0, 0.05) is 0 Å². The maximum Gasteiger partial charge on any atom is 0.222 e. The van der Waals surface area contributed by atoms with Gasteiger partial charge in [0.2, 0.25) is 9.76 Å². The highest BCUT2D eigenvalue weighted by atomic mass is 28.2. The molecule has 2 heteroatoms. The second-order valence-electron chi connectivity index (χ2n) is 2.11. The van der Waals surface area contributed by atoms with Gasteiger partial charge in [-0.3, -0.25) is 0 Å². The molecule has 9 heavy (non-hydrogen) atoms. The van der Waals surface area contributed by atoms with E-state index >= 15 is 0 Å². The topological polar surface area (TPSA) is 9.23 Å². The molecule has 0 aliphatic rings. The van der Waals surface area contributed by atoms with Crippen molar-refractivity contribution in [2.75, 3.05) is 0 Å². The van der Waals surface area contributed by atoms with Crippen LogP contribution in [0.4, 0.5) is 0 Å². The van der Waals surface area contributed by atoms with Gasteiger partial charge in [-0.05, 0) is 19.9 Å². The average Bonchev–Trinajstić information content (AvgIpc) is 1.80. The molecule has 0 saturated heterocycles. The highest BCUT2D eigenvalue weighted by molar-refractivity contribution is 6.28. The summed E-state index contributed by atoms with van der Waals surface area (Å²) in [5.41, 5.74) is 1.37. The Morgan fingerprint density at radius 2 is 2.33 bits per heavy atom. The molecule has 0 aromatic carbocycles. The van der Waals surface area contributed by atoms with Crippen LogP contribution in [-0.4, -0.2) is 9.76 Å². The Labute approximate surface area is 59.4 Å². The molecule has 52 valence electrons. The van der Waals surface area contributed by atoms with Crippen molar-refractivity contribution >= 4 is 9.76 Å². The summed E-state index contributed by atoms with van der Waals surface area (Å²) in [5, 5.41) is 0. The zero-order valence-corrected chi connectivity index (χ0v) is 7.60. The van der Waals surface area contributed by atoms with Crippen molar-refractivity contribution in [3.63, 3.8) is 0 Å². The normalized spacial score (nSPS) is 9.56. The molecule has 0 atom stereocenters. The van der Waals surface area contributed by atoms with Gasteiger partial charge in [0.15, 0.2) is 0 Å². The van der Waals surface area contributed by atoms with Crippen molar-refractivity contribution in [2.45, 2.75) is 19.9 Å². The summed E-state index contributed by atoms with van der Waals surface area (Å²) >= 11 is 0. The van der Waals surface area contributed by atoms with E-state index in [1.54, 1.807) is 0 Å². The lowest BCUT2D eigenvalue weighted by molar-refractivity contribution is 0.518. The van der Waals surface area contributed by atoms with Gasteiger partial charge in [0.05, 0.1) is 6.26 Å². The Hall–Kier alpha value is -0.503. The Kier molecular flexibility index (Phi) is 5.32. The van der Waals surface area contributed by atoms with Crippen LogP contribution < -0.4 is 0 Å². The first kappa shape index (κ1) is 8.50. The van der Waals surface area contributed by atoms with Crippen molar-refractivity contribution in [3.05, 3.63) is 24.5 Å². The fourth-order valence-corrected chi connectivity index (χ4v) is 1.50. The maximum atomic E-state index is 5.04. The molecule has 0 aliphatic carbocycles. The second-order valence-corrected chi connectivity index (χ2v) is 3.43. The monoisotopic (exact) mass is 142 g/mol. The molecule has 0 aromatic rings. The highest BCUT2D eigenvalue weighted by Gasteiger charge is 1.81. The van der Waals surface area contributed by atoms with Gasteiger partial charge in [-0.2, -0.15) is 0 Å². The summed E-state index contributed by atoms with van der Waals surface area (Å²) in [5.74, 6) is 0. The third kappa shape index (κ3) is 7.50. The van der Waals surface area contributed by atoms with Gasteiger partial charge in [0.1, 0.15) is 0 Å². The molecule has 0 heterocycles. The molecule has 0 radical (unpaired) electrons. The van der Waals surface area contributed by atoms with Crippen molar-refractivity contribution in [1.29, 1.82) is 0 Å². The predicted molar refractivity (Wildman–Crippen MR) is 44.1 cm³/mol. The fraction of sp³-hybridized carbons (Fsp3) is 0.429. The number of rotatable bonds is 4. The van der Waals surface area contributed by atoms with Crippen LogP contribution >= 0.6 is 0 Å². The van der Waals surface area contributed by atoms with Crippen molar-refractivity contribution < 1.29 is 4.43 Å². The van der Waals surface area contributed by atoms with E-state index in [4.69, 9.17) is 4.43 Å². The summed E-state index contributed by atoms with van der Waals surface area (Å²) in [6.45, 7) is 7.67. The lowest BCUT2D eigenvalue weighted by Gasteiger charge is -1.93. The molecular formula is C7H14OSi. The molecule has 1 nitrogen and oxygen atoms in total. The summed E-state index contributed by atoms with van der Waals surface area (Å²) in [7, 11) is -0.326. The number of allylic oxidation sites excluding steroid dienone is 2. The van der Waals surface area contributed by atoms with Gasteiger partial charge >= 0.3 is 0 Å². The third-order valence-electron chi connectivity index (χ3n) is 0.906. The van der Waals surface area contributed by atoms with Crippen molar-refractivity contribution in [2.24, 2.45) is 0 Å². The van der Waals surface area contributed by atoms with Gasteiger partial charge in [-0.15, -0.1) is 0 Å². The van der Waals surface area contributed by atoms with E-state index in [-0.39, 0.29) is 9.76 Å². The first-order chi connectivity index (χ1) is 4.27. The second kappa shape index (κ2) is 5.63. The minimum Gasteiger partial charge on any atom is -0.555 e. The minimum atomic E-state index is -0.326. The van der Waals surface area contributed by atoms with E-state index < -0.39 is 0 Å². The lowest BCUT2D eigenvalue weighted by Crippen LogP contribution is -1.87. The van der Waals surface area contributed by atoms with E-state index in [2.05, 4.69) is 26.5 Å². The quantitative estimate of drug-likeness (QED) is 0.251. The van der Waals surface area contributed by atoms with Gasteiger partial charge in [-0.25, -0.2) is 0 Å². The third-order valence-corrected chi connectivity index (χ3v) is 1.90. The summed E-state index contributed by atoms with van der Waals surface area (Å²) in [6.07, 6.45) is 3.74. The van der Waals surface area contributed by atoms with Crippen LogP contribution in [0.1, 0.15) is 13.8 Å². The van der Waals surface area contributed by atoms with Crippen LogP contribution in [0.2, 0.25) is 6.04 Å². The van der Waals surface area contributed by atoms with Crippen LogP contribution in [0.5, 0.6) is 0 Å². The molecule has 0 unspecified atom stereocenters. The van der Waals surface area contributed by atoms with Gasteiger partial charge in [0.25, 0.3) is 0 Å². The Bertz CT molecular complexity index is 103. The van der Waals surface area contributed by atoms with E-state index in [1.807, 2.05) is 0 Å². The zero-order chi connectivity index (χ0) is 7.11. The molecule has 0 fully saturated rings. The molecule has 0 bridgehead atoms. The standard InChI is InChI=1S/C7H14OSi/c1-4-8-9-6-5-7(2)3/h4-5H,1,6,9H2,2-3H3. The zero-order valence-electron chi connectivity index (χ0n) is 6.18. The smallest absolute Gasteiger partial charge is 0.222 e. The van der Waals surface area contributed by atoms with Crippen molar-refractivity contribution in [1.82, 2.24) is 0 Å². The maximum absolute atomic E-state index is 5.04. The Morgan fingerprint density at radius 1 is 1.67 bits per heavy atom. The number of hydrogen-bond donors (Lipinski definition) is 0. The molecule has 0 amide bonds. The first-order valence-corrected chi connectivity index (χ1v) is 4.71. The molecule has 0 saturated carbocycles. The SMILES string of the molecule is C=CO[SiH2]CC=C(C)C. The van der Waals surface area contributed by atoms with Crippen LogP contribution in [0.15, 0.2) is 24.5 Å². The molecule has 0 N–H and O–H groups in total. The lowest BCUT2D eigenvalue weighted by atomic mass is 10.3. The Morgan fingerprint density at radius 3 is 2.78 bits per heavy atom. The van der Waals surface area contributed by atoms with Crippen LogP contribution in [0, 0.1) is 0 Å². The summed E-state index contributed by atoms with van der Waals surface area (Å²) in [6, 6.07) is 1.12. The first-order valence-electron chi connectivity index (χ1n) is 3.13. The van der Waals surface area contributed by atoms with E-state index in [0.29, 0.717) is 0 Å². The van der Waals surface area contributed by atoms with Crippen LogP contribution in [0.3, 0.4) is 0 Å². The summed E-state index contributed by atoms with van der Waals surface area (Å²) in [4.78, 5) is 0. The van der Waals surface area contributed by atoms with E-state index in [0.717, 1.165) is 6.04 Å². The molecular weight excluding hydrogens is 128 g/mol. The van der Waals surface area contributed by atoms with Gasteiger partial charge in [-0.1, -0.05) is 18.2 Å².